The van der Waals surface area contributed by atoms with E-state index in [1.54, 1.807) is 0 Å². The van der Waals surface area contributed by atoms with Crippen LogP contribution in [0.3, 0.4) is 0 Å². The van der Waals surface area contributed by atoms with E-state index in [-0.39, 0.29) is 36.4 Å². The number of methoxy groups -OCH3 is 1. The second-order valence-electron chi connectivity index (χ2n) is 4.14. The molecule has 0 spiro atoms. The van der Waals surface area contributed by atoms with Crippen LogP contribution in [0.2, 0.25) is 0 Å². The quantitative estimate of drug-likeness (QED) is 0.530. The zero-order chi connectivity index (χ0) is 15.1. The lowest BCUT2D eigenvalue weighted by molar-refractivity contribution is 0.0600. The number of hydrogen-bond donors (Lipinski definition) is 4. The minimum Gasteiger partial charge on any atom is -0.508 e. The maximum absolute atomic E-state index is 11.8. The van der Waals surface area contributed by atoms with E-state index in [0.29, 0.717) is 0 Å². The van der Waals surface area contributed by atoms with Crippen LogP contribution in [0.1, 0.15) is 27.1 Å². The minimum atomic E-state index is -0.898. The molecule has 20 heavy (non-hydrogen) atoms. The highest BCUT2D eigenvalue weighted by molar-refractivity contribution is 5.98. The fourth-order valence-electron chi connectivity index (χ4n) is 1.52. The van der Waals surface area contributed by atoms with Gasteiger partial charge in [-0.05, 0) is 24.6 Å². The van der Waals surface area contributed by atoms with Crippen molar-refractivity contribution < 1.29 is 29.6 Å². The van der Waals surface area contributed by atoms with E-state index in [4.69, 9.17) is 10.2 Å². The molecule has 0 unspecified atom stereocenters. The summed E-state index contributed by atoms with van der Waals surface area (Å²) in [5.74, 6) is -1.39. The van der Waals surface area contributed by atoms with Crippen molar-refractivity contribution in [3.8, 4) is 5.75 Å². The van der Waals surface area contributed by atoms with Crippen LogP contribution in [-0.4, -0.2) is 53.6 Å². The number of aromatic hydroxyl groups is 1. The number of esters is 1. The van der Waals surface area contributed by atoms with Gasteiger partial charge in [0.05, 0.1) is 25.4 Å². The lowest BCUT2D eigenvalue weighted by atomic mass is 10.1. The highest BCUT2D eigenvalue weighted by Gasteiger charge is 2.13. The number of phenolic OH excluding ortho intramolecular Hbond substituents is 1. The molecule has 4 N–H and O–H groups in total. The van der Waals surface area contributed by atoms with Gasteiger partial charge in [-0.2, -0.15) is 0 Å². The van der Waals surface area contributed by atoms with E-state index in [1.165, 1.54) is 25.3 Å². The summed E-state index contributed by atoms with van der Waals surface area (Å²) in [4.78, 5) is 23.2. The van der Waals surface area contributed by atoms with E-state index in [0.717, 1.165) is 0 Å². The summed E-state index contributed by atoms with van der Waals surface area (Å²) in [6.07, 6.45) is -0.699. The van der Waals surface area contributed by atoms with E-state index in [1.807, 2.05) is 0 Å². The monoisotopic (exact) mass is 283 g/mol. The molecule has 0 aliphatic heterocycles. The number of aliphatic hydroxyl groups is 2. The fraction of sp³-hybridized carbons (Fsp3) is 0.385. The van der Waals surface area contributed by atoms with Crippen molar-refractivity contribution in [1.82, 2.24) is 5.32 Å². The first kappa shape index (κ1) is 15.9. The van der Waals surface area contributed by atoms with Crippen LogP contribution in [0, 0.1) is 0 Å². The zero-order valence-electron chi connectivity index (χ0n) is 11.0. The summed E-state index contributed by atoms with van der Waals surface area (Å²) in [6.45, 7) is -0.224. The minimum absolute atomic E-state index is 0.0630. The second kappa shape index (κ2) is 7.46. The highest BCUT2D eigenvalue weighted by atomic mass is 16.5. The topological polar surface area (TPSA) is 116 Å². The second-order valence-corrected chi connectivity index (χ2v) is 4.14. The predicted molar refractivity (Wildman–Crippen MR) is 69.5 cm³/mol. The molecule has 0 fully saturated rings. The van der Waals surface area contributed by atoms with Gasteiger partial charge in [0.25, 0.3) is 5.91 Å². The third-order valence-electron chi connectivity index (χ3n) is 2.57. The first-order chi connectivity index (χ1) is 9.47. The van der Waals surface area contributed by atoms with Gasteiger partial charge < -0.3 is 25.4 Å². The maximum atomic E-state index is 11.8. The number of rotatable bonds is 6. The molecule has 7 nitrogen and oxygen atoms in total. The Kier molecular flexibility index (Phi) is 5.95. The Labute approximate surface area is 115 Å². The summed E-state index contributed by atoms with van der Waals surface area (Å²) < 4.78 is 4.51. The summed E-state index contributed by atoms with van der Waals surface area (Å²) in [5.41, 5.74) is 0.164. The number of nitrogens with one attached hydrogen (secondary N) is 1. The molecule has 0 saturated carbocycles. The molecule has 1 aromatic carbocycles. The molecule has 0 radical (unpaired) electrons. The average molecular weight is 283 g/mol. The van der Waals surface area contributed by atoms with Gasteiger partial charge >= 0.3 is 5.97 Å². The Morgan fingerprint density at radius 2 is 1.95 bits per heavy atom. The summed E-state index contributed by atoms with van der Waals surface area (Å²) in [7, 11) is 1.20. The molecule has 1 amide bonds. The van der Waals surface area contributed by atoms with Crippen LogP contribution >= 0.6 is 0 Å². The number of aliphatic hydroxyl groups excluding tert-OH is 2. The predicted octanol–water partition coefficient (Wildman–Crippen LogP) is -0.348. The van der Waals surface area contributed by atoms with Crippen LogP contribution in [0.4, 0.5) is 0 Å². The first-order valence-electron chi connectivity index (χ1n) is 5.97. The molecule has 0 aliphatic carbocycles. The van der Waals surface area contributed by atoms with Gasteiger partial charge in [0.15, 0.2) is 0 Å². The average Bonchev–Trinajstić information content (AvgIpc) is 2.45. The largest absolute Gasteiger partial charge is 0.508 e. The molecule has 7 heteroatoms. The highest BCUT2D eigenvalue weighted by Crippen LogP contribution is 2.16. The molecule has 0 bridgehead atoms. The molecule has 1 rings (SSSR count). The van der Waals surface area contributed by atoms with E-state index in [9.17, 15) is 14.7 Å². The number of phenols is 1. The van der Waals surface area contributed by atoms with Crippen LogP contribution < -0.4 is 5.32 Å². The fourth-order valence-corrected chi connectivity index (χ4v) is 1.52. The van der Waals surface area contributed by atoms with Crippen LogP contribution in [0.15, 0.2) is 18.2 Å². The smallest absolute Gasteiger partial charge is 0.338 e. The van der Waals surface area contributed by atoms with E-state index >= 15 is 0 Å². The lowest BCUT2D eigenvalue weighted by Gasteiger charge is -2.09. The Morgan fingerprint density at radius 3 is 2.55 bits per heavy atom. The molecule has 110 valence electrons. The Hall–Kier alpha value is -2.12. The van der Waals surface area contributed by atoms with E-state index < -0.39 is 18.0 Å². The van der Waals surface area contributed by atoms with Gasteiger partial charge in [-0.1, -0.05) is 0 Å². The van der Waals surface area contributed by atoms with Gasteiger partial charge in [0.2, 0.25) is 0 Å². The third kappa shape index (κ3) is 4.52. The molecule has 1 atom stereocenters. The Morgan fingerprint density at radius 1 is 1.30 bits per heavy atom. The van der Waals surface area contributed by atoms with Crippen LogP contribution in [-0.2, 0) is 4.74 Å². The van der Waals surface area contributed by atoms with Crippen molar-refractivity contribution in [3.05, 3.63) is 29.3 Å². The maximum Gasteiger partial charge on any atom is 0.338 e. The van der Waals surface area contributed by atoms with E-state index in [2.05, 4.69) is 10.1 Å². The van der Waals surface area contributed by atoms with Gasteiger partial charge in [0, 0.05) is 12.1 Å². The zero-order valence-corrected chi connectivity index (χ0v) is 11.0. The molecule has 1 aromatic rings. The van der Waals surface area contributed by atoms with Crippen molar-refractivity contribution in [1.29, 1.82) is 0 Å². The van der Waals surface area contributed by atoms with Crippen molar-refractivity contribution in [2.24, 2.45) is 0 Å². The lowest BCUT2D eigenvalue weighted by Crippen LogP contribution is -2.28. The summed E-state index contributed by atoms with van der Waals surface area (Å²) in [6, 6.07) is 3.70. The normalized spacial score (nSPS) is 11.8. The third-order valence-corrected chi connectivity index (χ3v) is 2.57. The van der Waals surface area contributed by atoms with Gasteiger partial charge in [-0.3, -0.25) is 4.79 Å². The number of amides is 1. The number of ether oxygens (including phenoxy) is 1. The molecule has 0 aromatic heterocycles. The number of hydrogen-bond acceptors (Lipinski definition) is 6. The van der Waals surface area contributed by atoms with Crippen LogP contribution in [0.5, 0.6) is 5.75 Å². The van der Waals surface area contributed by atoms with Crippen molar-refractivity contribution in [2.45, 2.75) is 12.5 Å². The Balaban J connectivity index is 2.73. The Bertz CT molecular complexity index is 488. The number of benzene rings is 1. The number of carbonyl (C=O) groups excluding carboxylic acids is 2. The van der Waals surface area contributed by atoms with Crippen molar-refractivity contribution >= 4 is 11.9 Å². The summed E-state index contributed by atoms with van der Waals surface area (Å²) in [5, 5.41) is 29.7. The van der Waals surface area contributed by atoms with Gasteiger partial charge in [-0.15, -0.1) is 0 Å². The number of carbonyl (C=O) groups is 2. The molecule has 0 saturated heterocycles. The molecule has 0 heterocycles. The van der Waals surface area contributed by atoms with Gasteiger partial charge in [0.1, 0.15) is 5.75 Å². The van der Waals surface area contributed by atoms with Crippen molar-refractivity contribution in [3.63, 3.8) is 0 Å². The molecular weight excluding hydrogens is 266 g/mol. The summed E-state index contributed by atoms with van der Waals surface area (Å²) >= 11 is 0. The van der Waals surface area contributed by atoms with Crippen LogP contribution in [0.25, 0.3) is 0 Å². The molecule has 0 aliphatic rings. The SMILES string of the molecule is COC(=O)c1cc(O)cc(C(=O)NCC[C@@H](O)CO)c1. The molecular formula is C13H17NO6. The standard InChI is InChI=1S/C13H17NO6/c1-20-13(19)9-4-8(5-11(17)6-9)12(18)14-3-2-10(16)7-15/h4-6,10,15-17H,2-3,7H2,1H3,(H,14,18)/t10-/m1/s1. The van der Waals surface area contributed by atoms with Gasteiger partial charge in [-0.25, -0.2) is 4.79 Å². The van der Waals surface area contributed by atoms with Crippen molar-refractivity contribution in [2.75, 3.05) is 20.3 Å². The first-order valence-corrected chi connectivity index (χ1v) is 5.97.